The van der Waals surface area contributed by atoms with Gasteiger partial charge in [0.15, 0.2) is 0 Å². The molecule has 0 aromatic heterocycles. The first-order chi connectivity index (χ1) is 10.2. The number of nitrogens with one attached hydrogen (secondary N) is 1. The highest BCUT2D eigenvalue weighted by Gasteiger charge is 2.29. The van der Waals surface area contributed by atoms with E-state index in [0.717, 1.165) is 5.56 Å². The molecule has 0 saturated heterocycles. The first-order valence-electron chi connectivity index (χ1n) is 6.28. The molecule has 0 aliphatic heterocycles. The number of alkyl halides is 3. The van der Waals surface area contributed by atoms with Crippen LogP contribution in [-0.4, -0.2) is 11.4 Å². The molecule has 0 unspecified atom stereocenters. The van der Waals surface area contributed by atoms with Crippen LogP contribution >= 0.6 is 11.8 Å². The number of amides is 1. The van der Waals surface area contributed by atoms with Gasteiger partial charge in [-0.15, -0.1) is 0 Å². The van der Waals surface area contributed by atoms with Gasteiger partial charge < -0.3 is 11.1 Å². The lowest BCUT2D eigenvalue weighted by molar-refractivity contribution is -0.0328. The molecule has 2 aromatic carbocycles. The summed E-state index contributed by atoms with van der Waals surface area (Å²) in [6.45, 7) is 1.83. The molecule has 3 nitrogen and oxygen atoms in total. The van der Waals surface area contributed by atoms with Crippen molar-refractivity contribution < 1.29 is 18.0 Å². The minimum absolute atomic E-state index is 0.0384. The zero-order valence-corrected chi connectivity index (χ0v) is 12.4. The molecule has 0 atom stereocenters. The lowest BCUT2D eigenvalue weighted by Crippen LogP contribution is -2.12. The minimum Gasteiger partial charge on any atom is -0.398 e. The number of nitrogen functional groups attached to an aromatic ring is 1. The van der Waals surface area contributed by atoms with Gasteiger partial charge in [-0.2, -0.15) is 13.2 Å². The summed E-state index contributed by atoms with van der Waals surface area (Å²) in [4.78, 5) is 12.0. The number of thioether (sulfide) groups is 1. The van der Waals surface area contributed by atoms with E-state index < -0.39 is 11.4 Å². The highest BCUT2D eigenvalue weighted by molar-refractivity contribution is 8.00. The van der Waals surface area contributed by atoms with E-state index in [1.165, 1.54) is 24.3 Å². The summed E-state index contributed by atoms with van der Waals surface area (Å²) in [5.41, 5.74) is 3.40. The first-order valence-corrected chi connectivity index (χ1v) is 7.09. The first kappa shape index (κ1) is 16.2. The van der Waals surface area contributed by atoms with Crippen molar-refractivity contribution >= 4 is 29.0 Å². The topological polar surface area (TPSA) is 55.1 Å². The smallest absolute Gasteiger partial charge is 0.398 e. The van der Waals surface area contributed by atoms with E-state index in [1.54, 1.807) is 18.2 Å². The Bertz CT molecular complexity index is 701. The average molecular weight is 326 g/mol. The van der Waals surface area contributed by atoms with Gasteiger partial charge in [-0.05, 0) is 54.6 Å². The van der Waals surface area contributed by atoms with E-state index in [-0.39, 0.29) is 22.2 Å². The summed E-state index contributed by atoms with van der Waals surface area (Å²) in [7, 11) is 0. The van der Waals surface area contributed by atoms with Crippen molar-refractivity contribution in [1.82, 2.24) is 0 Å². The van der Waals surface area contributed by atoms with Crippen molar-refractivity contribution in [3.05, 3.63) is 53.6 Å². The standard InChI is InChI=1S/C15H13F3N2OS/c1-9-5-6-11(8-13(9)19)20-14(21)10-3-2-4-12(7-10)22-15(16,17)18/h2-8H,19H2,1H3,(H,20,21). The molecule has 3 N–H and O–H groups in total. The van der Waals surface area contributed by atoms with Crippen LogP contribution in [0.5, 0.6) is 0 Å². The number of benzene rings is 2. The lowest BCUT2D eigenvalue weighted by atomic mass is 10.1. The highest BCUT2D eigenvalue weighted by atomic mass is 32.2. The third kappa shape index (κ3) is 4.42. The molecule has 0 aliphatic carbocycles. The number of rotatable bonds is 3. The Morgan fingerprint density at radius 1 is 1.18 bits per heavy atom. The molecule has 0 spiro atoms. The van der Waals surface area contributed by atoms with Gasteiger partial charge in [0.2, 0.25) is 0 Å². The number of hydrogen-bond donors (Lipinski definition) is 2. The van der Waals surface area contributed by atoms with Crippen molar-refractivity contribution in [3.8, 4) is 0 Å². The summed E-state index contributed by atoms with van der Waals surface area (Å²) < 4.78 is 37.1. The van der Waals surface area contributed by atoms with Gasteiger partial charge >= 0.3 is 5.51 Å². The summed E-state index contributed by atoms with van der Waals surface area (Å²) in [6.07, 6.45) is 0. The lowest BCUT2D eigenvalue weighted by Gasteiger charge is -2.09. The minimum atomic E-state index is -4.39. The Morgan fingerprint density at radius 2 is 1.91 bits per heavy atom. The largest absolute Gasteiger partial charge is 0.446 e. The molecule has 2 aromatic rings. The molecule has 0 heterocycles. The molecule has 2 rings (SSSR count). The number of aryl methyl sites for hydroxylation is 1. The number of nitrogens with two attached hydrogens (primary N) is 1. The van der Waals surface area contributed by atoms with Gasteiger partial charge in [0.1, 0.15) is 0 Å². The Labute approximate surface area is 129 Å². The predicted molar refractivity (Wildman–Crippen MR) is 81.9 cm³/mol. The molecule has 0 fully saturated rings. The SMILES string of the molecule is Cc1ccc(NC(=O)c2cccc(SC(F)(F)F)c2)cc1N. The quantitative estimate of drug-likeness (QED) is 0.647. The predicted octanol–water partition coefficient (Wildman–Crippen LogP) is 4.44. The number of anilines is 2. The third-order valence-corrected chi connectivity index (χ3v) is 3.59. The van der Waals surface area contributed by atoms with Crippen LogP contribution < -0.4 is 11.1 Å². The van der Waals surface area contributed by atoms with Crippen molar-refractivity contribution in [2.24, 2.45) is 0 Å². The fourth-order valence-electron chi connectivity index (χ4n) is 1.76. The normalized spacial score (nSPS) is 11.3. The van der Waals surface area contributed by atoms with Crippen LogP contribution in [0.3, 0.4) is 0 Å². The fraction of sp³-hybridized carbons (Fsp3) is 0.133. The molecule has 1 amide bonds. The van der Waals surface area contributed by atoms with E-state index in [9.17, 15) is 18.0 Å². The summed E-state index contributed by atoms with van der Waals surface area (Å²) in [5, 5.41) is 2.61. The van der Waals surface area contributed by atoms with Crippen LogP contribution in [0.2, 0.25) is 0 Å². The van der Waals surface area contributed by atoms with E-state index in [2.05, 4.69) is 5.32 Å². The molecule has 7 heteroatoms. The van der Waals surface area contributed by atoms with Gasteiger partial charge in [0.25, 0.3) is 5.91 Å². The molecule has 0 radical (unpaired) electrons. The number of carbonyl (C=O) groups is 1. The van der Waals surface area contributed by atoms with Gasteiger partial charge in [-0.25, -0.2) is 0 Å². The van der Waals surface area contributed by atoms with E-state index >= 15 is 0 Å². The maximum Gasteiger partial charge on any atom is 0.446 e. The second-order valence-corrected chi connectivity index (χ2v) is 5.74. The number of halogens is 3. The zero-order chi connectivity index (χ0) is 16.3. The summed E-state index contributed by atoms with van der Waals surface area (Å²) in [6, 6.07) is 10.4. The fourth-order valence-corrected chi connectivity index (χ4v) is 2.36. The Kier molecular flexibility index (Phi) is 4.65. The summed E-state index contributed by atoms with van der Waals surface area (Å²) >= 11 is -0.257. The zero-order valence-electron chi connectivity index (χ0n) is 11.6. The number of hydrogen-bond acceptors (Lipinski definition) is 3. The Balaban J connectivity index is 2.15. The second-order valence-electron chi connectivity index (χ2n) is 4.60. The van der Waals surface area contributed by atoms with E-state index in [4.69, 9.17) is 5.73 Å². The van der Waals surface area contributed by atoms with Crippen LogP contribution in [-0.2, 0) is 0 Å². The maximum absolute atomic E-state index is 12.4. The third-order valence-electron chi connectivity index (χ3n) is 2.87. The van der Waals surface area contributed by atoms with Gasteiger partial charge in [-0.1, -0.05) is 12.1 Å². The van der Waals surface area contributed by atoms with Crippen LogP contribution in [0, 0.1) is 6.92 Å². The van der Waals surface area contributed by atoms with Gasteiger partial charge in [0, 0.05) is 21.8 Å². The van der Waals surface area contributed by atoms with Crippen LogP contribution in [0.25, 0.3) is 0 Å². The van der Waals surface area contributed by atoms with Crippen molar-refractivity contribution in [1.29, 1.82) is 0 Å². The van der Waals surface area contributed by atoms with Crippen LogP contribution in [0.4, 0.5) is 24.5 Å². The van der Waals surface area contributed by atoms with Crippen molar-refractivity contribution in [3.63, 3.8) is 0 Å². The maximum atomic E-state index is 12.4. The van der Waals surface area contributed by atoms with E-state index in [1.807, 2.05) is 6.92 Å². The number of carbonyl (C=O) groups excluding carboxylic acids is 1. The molecular formula is C15H13F3N2OS. The monoisotopic (exact) mass is 326 g/mol. The van der Waals surface area contributed by atoms with Gasteiger partial charge in [-0.3, -0.25) is 4.79 Å². The van der Waals surface area contributed by atoms with Crippen molar-refractivity contribution in [2.45, 2.75) is 17.3 Å². The summed E-state index contributed by atoms with van der Waals surface area (Å²) in [5.74, 6) is -0.493. The van der Waals surface area contributed by atoms with Crippen LogP contribution in [0.15, 0.2) is 47.4 Å². The van der Waals surface area contributed by atoms with Crippen LogP contribution in [0.1, 0.15) is 15.9 Å². The molecule has 0 saturated carbocycles. The Morgan fingerprint density at radius 3 is 2.55 bits per heavy atom. The molecule has 0 aliphatic rings. The molecule has 0 bridgehead atoms. The van der Waals surface area contributed by atoms with Gasteiger partial charge in [0.05, 0.1) is 0 Å². The second kappa shape index (κ2) is 6.31. The van der Waals surface area contributed by atoms with E-state index in [0.29, 0.717) is 11.4 Å². The molecular weight excluding hydrogens is 313 g/mol. The molecule has 22 heavy (non-hydrogen) atoms. The highest BCUT2D eigenvalue weighted by Crippen LogP contribution is 2.37. The van der Waals surface area contributed by atoms with Crippen molar-refractivity contribution in [2.75, 3.05) is 11.1 Å². The Hall–Kier alpha value is -2.15. The molecule has 116 valence electrons. The average Bonchev–Trinajstić information content (AvgIpc) is 2.41.